The van der Waals surface area contributed by atoms with Gasteiger partial charge >= 0.3 is 0 Å². The Hall–Kier alpha value is -3.24. The standard InChI is InChI=1S/C20H18N4O2S/c1-22-17-8-7-14(26-2)9-18(17)27-12-23-20-16-6-4-3-5-15(16)19(24-20)13(10-21)11-25/h3-9,11,22H,12H2,1-2H3,(H,23,24)/b19-13-. The van der Waals surface area contributed by atoms with Gasteiger partial charge in [-0.1, -0.05) is 36.0 Å². The van der Waals surface area contributed by atoms with Gasteiger partial charge in [-0.05, 0) is 18.2 Å². The molecule has 3 rings (SSSR count). The first-order chi connectivity index (χ1) is 13.2. The highest BCUT2D eigenvalue weighted by Gasteiger charge is 2.24. The van der Waals surface area contributed by atoms with Gasteiger partial charge in [-0.25, -0.2) is 0 Å². The van der Waals surface area contributed by atoms with Gasteiger partial charge in [0.25, 0.3) is 0 Å². The molecule has 2 aromatic carbocycles. The Labute approximate surface area is 161 Å². The van der Waals surface area contributed by atoms with Crippen molar-refractivity contribution in [1.82, 2.24) is 5.32 Å². The summed E-state index contributed by atoms with van der Waals surface area (Å²) in [6, 6.07) is 15.3. The van der Waals surface area contributed by atoms with Crippen LogP contribution in [0.4, 0.5) is 5.69 Å². The highest BCUT2D eigenvalue weighted by atomic mass is 32.2. The molecule has 136 valence electrons. The van der Waals surface area contributed by atoms with Gasteiger partial charge in [-0.2, -0.15) is 5.26 Å². The molecule has 0 unspecified atom stereocenters. The number of anilines is 1. The molecule has 2 aromatic rings. The molecule has 0 aromatic heterocycles. The largest absolute Gasteiger partial charge is 0.497 e. The first-order valence-corrected chi connectivity index (χ1v) is 9.19. The average molecular weight is 378 g/mol. The van der Waals surface area contributed by atoms with Crippen LogP contribution >= 0.6 is 11.8 Å². The number of thioether (sulfide) groups is 1. The molecule has 6 nitrogen and oxygen atoms in total. The van der Waals surface area contributed by atoms with Crippen molar-refractivity contribution in [3.05, 3.63) is 59.2 Å². The van der Waals surface area contributed by atoms with E-state index in [4.69, 9.17) is 4.74 Å². The molecule has 0 radical (unpaired) electrons. The van der Waals surface area contributed by atoms with Crippen molar-refractivity contribution >= 4 is 35.3 Å². The van der Waals surface area contributed by atoms with Crippen molar-refractivity contribution in [2.75, 3.05) is 25.4 Å². The lowest BCUT2D eigenvalue weighted by Crippen LogP contribution is -2.16. The summed E-state index contributed by atoms with van der Waals surface area (Å²) in [5.41, 5.74) is 3.24. The Balaban J connectivity index is 1.86. The van der Waals surface area contributed by atoms with E-state index in [1.54, 1.807) is 18.9 Å². The highest BCUT2D eigenvalue weighted by Crippen LogP contribution is 2.32. The number of ether oxygens (including phenoxy) is 1. The van der Waals surface area contributed by atoms with Crippen molar-refractivity contribution in [1.29, 1.82) is 5.26 Å². The number of benzene rings is 2. The monoisotopic (exact) mass is 378 g/mol. The van der Waals surface area contributed by atoms with Crippen LogP contribution in [0.3, 0.4) is 0 Å². The second-order valence-electron chi connectivity index (χ2n) is 5.58. The van der Waals surface area contributed by atoms with Crippen LogP contribution in [0.25, 0.3) is 5.70 Å². The number of rotatable bonds is 6. The maximum absolute atomic E-state index is 11.2. The highest BCUT2D eigenvalue weighted by molar-refractivity contribution is 7.99. The van der Waals surface area contributed by atoms with Crippen LogP contribution in [-0.2, 0) is 4.79 Å². The Kier molecular flexibility index (Phi) is 5.79. The zero-order valence-corrected chi connectivity index (χ0v) is 15.8. The maximum atomic E-state index is 11.2. The summed E-state index contributed by atoms with van der Waals surface area (Å²) >= 11 is 1.56. The second kappa shape index (κ2) is 8.43. The molecule has 7 heteroatoms. The number of nitrogens with one attached hydrogen (secondary N) is 2. The minimum atomic E-state index is 0.0607. The number of nitrogens with zero attached hydrogens (tertiary/aromatic N) is 2. The van der Waals surface area contributed by atoms with Crippen molar-refractivity contribution in [3.63, 3.8) is 0 Å². The molecule has 0 bridgehead atoms. The van der Waals surface area contributed by atoms with Crippen molar-refractivity contribution in [2.45, 2.75) is 4.90 Å². The molecule has 0 atom stereocenters. The van der Waals surface area contributed by atoms with Gasteiger partial charge in [-0.3, -0.25) is 9.79 Å². The maximum Gasteiger partial charge on any atom is 0.162 e. The predicted octanol–water partition coefficient (Wildman–Crippen LogP) is 3.27. The Morgan fingerprint density at radius 3 is 2.78 bits per heavy atom. The van der Waals surface area contributed by atoms with Gasteiger partial charge < -0.3 is 15.4 Å². The molecule has 1 heterocycles. The quantitative estimate of drug-likeness (QED) is 0.347. The van der Waals surface area contributed by atoms with E-state index in [1.807, 2.05) is 55.6 Å². The van der Waals surface area contributed by atoms with Gasteiger partial charge in [0, 0.05) is 28.8 Å². The number of carbonyl (C=O) groups excluding carboxylic acids is 1. The molecule has 1 aliphatic rings. The van der Waals surface area contributed by atoms with E-state index in [2.05, 4.69) is 15.6 Å². The molecular weight excluding hydrogens is 360 g/mol. The first-order valence-electron chi connectivity index (χ1n) is 8.21. The lowest BCUT2D eigenvalue weighted by Gasteiger charge is -2.10. The number of aldehydes is 1. The fourth-order valence-corrected chi connectivity index (χ4v) is 3.62. The van der Waals surface area contributed by atoms with Gasteiger partial charge in [0.2, 0.25) is 0 Å². The van der Waals surface area contributed by atoms with Gasteiger partial charge in [0.05, 0.1) is 18.7 Å². The van der Waals surface area contributed by atoms with Gasteiger partial charge in [-0.15, -0.1) is 0 Å². The number of aliphatic imine (C=N–C) groups is 1. The summed E-state index contributed by atoms with van der Waals surface area (Å²) in [6.07, 6.45) is 0.562. The third kappa shape index (κ3) is 3.81. The van der Waals surface area contributed by atoms with E-state index in [9.17, 15) is 10.1 Å². The summed E-state index contributed by atoms with van der Waals surface area (Å²) in [5.74, 6) is 1.90. The number of amidine groups is 1. The van der Waals surface area contributed by atoms with Crippen LogP contribution in [-0.4, -0.2) is 32.2 Å². The fourth-order valence-electron chi connectivity index (χ4n) is 2.76. The number of methoxy groups -OCH3 is 1. The first kappa shape index (κ1) is 18.5. The molecule has 0 spiro atoms. The molecule has 0 aliphatic carbocycles. The molecule has 2 N–H and O–H groups in total. The number of nitriles is 1. The number of carbonyl (C=O) groups is 1. The lowest BCUT2D eigenvalue weighted by atomic mass is 10.1. The van der Waals surface area contributed by atoms with Gasteiger partial charge in [0.1, 0.15) is 23.2 Å². The summed E-state index contributed by atoms with van der Waals surface area (Å²) < 4.78 is 5.29. The van der Waals surface area contributed by atoms with Crippen LogP contribution in [0.2, 0.25) is 0 Å². The van der Waals surface area contributed by atoms with Gasteiger partial charge in [0.15, 0.2) is 6.29 Å². The minimum Gasteiger partial charge on any atom is -0.497 e. The van der Waals surface area contributed by atoms with Crippen LogP contribution in [0.5, 0.6) is 5.75 Å². The zero-order chi connectivity index (χ0) is 19.2. The third-order valence-electron chi connectivity index (χ3n) is 4.10. The summed E-state index contributed by atoms with van der Waals surface area (Å²) in [5, 5.41) is 15.5. The number of allylic oxidation sites excluding steroid dienone is 1. The number of hydrogen-bond donors (Lipinski definition) is 2. The molecular formula is C20H18N4O2S. The van der Waals surface area contributed by atoms with Crippen molar-refractivity contribution < 1.29 is 9.53 Å². The smallest absolute Gasteiger partial charge is 0.162 e. The van der Waals surface area contributed by atoms with E-state index in [0.29, 0.717) is 23.7 Å². The van der Waals surface area contributed by atoms with E-state index < -0.39 is 0 Å². The second-order valence-corrected chi connectivity index (χ2v) is 6.57. The molecule has 0 saturated carbocycles. The number of fused-ring (bicyclic) bond motifs is 1. The SMILES string of the molecule is CNc1ccc(OC)cc1SC/N=C1\N/C(=C(/C#N)C=O)c2ccccc21. The third-order valence-corrected chi connectivity index (χ3v) is 5.01. The van der Waals surface area contributed by atoms with E-state index in [-0.39, 0.29) is 5.57 Å². The molecule has 0 fully saturated rings. The lowest BCUT2D eigenvalue weighted by molar-refractivity contribution is -0.104. The summed E-state index contributed by atoms with van der Waals surface area (Å²) in [6.45, 7) is 0. The Bertz CT molecular complexity index is 976. The Morgan fingerprint density at radius 1 is 1.33 bits per heavy atom. The molecule has 1 aliphatic heterocycles. The predicted molar refractivity (Wildman–Crippen MR) is 108 cm³/mol. The van der Waals surface area contributed by atoms with Crippen LogP contribution < -0.4 is 15.4 Å². The summed E-state index contributed by atoms with van der Waals surface area (Å²) in [4.78, 5) is 16.8. The van der Waals surface area contributed by atoms with Crippen molar-refractivity contribution in [2.24, 2.45) is 4.99 Å². The summed E-state index contributed by atoms with van der Waals surface area (Å²) in [7, 11) is 3.50. The fraction of sp³-hybridized carbons (Fsp3) is 0.150. The molecule has 0 amide bonds. The molecule has 27 heavy (non-hydrogen) atoms. The average Bonchev–Trinajstić information content (AvgIpc) is 3.08. The van der Waals surface area contributed by atoms with E-state index in [0.717, 1.165) is 27.5 Å². The number of hydrogen-bond acceptors (Lipinski definition) is 6. The minimum absolute atomic E-state index is 0.0607. The van der Waals surface area contributed by atoms with E-state index >= 15 is 0 Å². The van der Waals surface area contributed by atoms with Crippen LogP contribution in [0.15, 0.2) is 57.9 Å². The van der Waals surface area contributed by atoms with Crippen LogP contribution in [0.1, 0.15) is 11.1 Å². The Morgan fingerprint density at radius 2 is 2.11 bits per heavy atom. The zero-order valence-electron chi connectivity index (χ0n) is 14.9. The van der Waals surface area contributed by atoms with Crippen molar-refractivity contribution in [3.8, 4) is 11.8 Å². The van der Waals surface area contributed by atoms with E-state index in [1.165, 1.54) is 0 Å². The normalized spacial score (nSPS) is 15.5. The van der Waals surface area contributed by atoms with Crippen LogP contribution in [0, 0.1) is 11.3 Å². The topological polar surface area (TPSA) is 86.5 Å². The molecule has 0 saturated heterocycles.